The summed E-state index contributed by atoms with van der Waals surface area (Å²) < 4.78 is 1.66. The van der Waals surface area contributed by atoms with Crippen LogP contribution in [0.1, 0.15) is 22.8 Å². The Labute approximate surface area is 122 Å². The molecule has 1 aromatic carbocycles. The number of nitrogens with zero attached hydrogens (tertiary/aromatic N) is 2. The average molecular weight is 290 g/mol. The lowest BCUT2D eigenvalue weighted by atomic mass is 10.1. The van der Waals surface area contributed by atoms with Gasteiger partial charge in [0.2, 0.25) is 0 Å². The summed E-state index contributed by atoms with van der Waals surface area (Å²) in [5.41, 5.74) is 7.25. The Morgan fingerprint density at radius 2 is 2.05 bits per heavy atom. The summed E-state index contributed by atoms with van der Waals surface area (Å²) >= 11 is 1.86. The van der Waals surface area contributed by atoms with Crippen molar-refractivity contribution in [1.82, 2.24) is 15.2 Å². The number of hydrazine groups is 1. The maximum absolute atomic E-state index is 11.9. The minimum atomic E-state index is -0.176. The van der Waals surface area contributed by atoms with Gasteiger partial charge in [-0.1, -0.05) is 19.1 Å². The second kappa shape index (κ2) is 7.00. The first-order valence-electron chi connectivity index (χ1n) is 6.41. The predicted octanol–water partition coefficient (Wildman–Crippen LogP) is 2.43. The topological polar surface area (TPSA) is 59.0 Å². The predicted molar refractivity (Wildman–Crippen MR) is 82.6 cm³/mol. The molecule has 2 rings (SSSR count). The van der Waals surface area contributed by atoms with E-state index < -0.39 is 0 Å². The van der Waals surface area contributed by atoms with Crippen LogP contribution < -0.4 is 10.9 Å². The zero-order valence-corrected chi connectivity index (χ0v) is 12.4. The molecule has 0 fully saturated rings. The highest BCUT2D eigenvalue weighted by atomic mass is 32.2. The van der Waals surface area contributed by atoms with Crippen LogP contribution in [0.3, 0.4) is 0 Å². The third-order valence-corrected chi connectivity index (χ3v) is 3.65. The number of amides is 1. The molecule has 20 heavy (non-hydrogen) atoms. The van der Waals surface area contributed by atoms with Crippen molar-refractivity contribution in [2.24, 2.45) is 7.05 Å². The molecule has 1 amide bonds. The molecule has 1 aromatic heterocycles. The van der Waals surface area contributed by atoms with Crippen molar-refractivity contribution in [2.75, 3.05) is 11.2 Å². The van der Waals surface area contributed by atoms with Gasteiger partial charge in [-0.15, -0.1) is 0 Å². The number of nitrogens with one attached hydrogen (secondary N) is 2. The first-order chi connectivity index (χ1) is 9.69. The van der Waals surface area contributed by atoms with Crippen LogP contribution in [0, 0.1) is 0 Å². The highest BCUT2D eigenvalue weighted by Gasteiger charge is 2.05. The Hall–Kier alpha value is -1.95. The maximum Gasteiger partial charge on any atom is 0.269 e. The summed E-state index contributed by atoms with van der Waals surface area (Å²) in [6.07, 6.45) is 1.80. The van der Waals surface area contributed by atoms with Crippen LogP contribution in [-0.2, 0) is 12.8 Å². The van der Waals surface area contributed by atoms with E-state index in [0.29, 0.717) is 11.4 Å². The highest BCUT2D eigenvalue weighted by molar-refractivity contribution is 7.98. The molecule has 5 nitrogen and oxygen atoms in total. The lowest BCUT2D eigenvalue weighted by molar-refractivity contribution is 0.0962. The molecule has 0 unspecified atom stereocenters. The fourth-order valence-corrected chi connectivity index (χ4v) is 2.28. The van der Waals surface area contributed by atoms with E-state index in [0.717, 1.165) is 11.5 Å². The van der Waals surface area contributed by atoms with Gasteiger partial charge in [-0.25, -0.2) is 0 Å². The Bertz CT molecular complexity index is 565. The molecule has 2 N–H and O–H groups in total. The maximum atomic E-state index is 11.9. The van der Waals surface area contributed by atoms with E-state index in [9.17, 15) is 4.79 Å². The summed E-state index contributed by atoms with van der Waals surface area (Å²) in [4.78, 5) is 11.9. The summed E-state index contributed by atoms with van der Waals surface area (Å²) in [6, 6.07) is 9.42. The zero-order chi connectivity index (χ0) is 14.4. The van der Waals surface area contributed by atoms with Gasteiger partial charge in [0, 0.05) is 30.6 Å². The second-order valence-corrected chi connectivity index (χ2v) is 5.56. The van der Waals surface area contributed by atoms with Crippen LogP contribution in [0.2, 0.25) is 0 Å². The van der Waals surface area contributed by atoms with Gasteiger partial charge in [0.25, 0.3) is 5.91 Å². The molecule has 0 aliphatic rings. The molecule has 106 valence electrons. The number of hydrogen-bond donors (Lipinski definition) is 2. The second-order valence-electron chi connectivity index (χ2n) is 4.29. The third kappa shape index (κ3) is 4.03. The van der Waals surface area contributed by atoms with Crippen molar-refractivity contribution in [3.05, 3.63) is 47.7 Å². The van der Waals surface area contributed by atoms with Gasteiger partial charge in [0.05, 0.1) is 0 Å². The summed E-state index contributed by atoms with van der Waals surface area (Å²) in [5.74, 6) is 2.50. The zero-order valence-electron chi connectivity index (χ0n) is 11.6. The molecule has 2 aromatic rings. The van der Waals surface area contributed by atoms with Crippen molar-refractivity contribution < 1.29 is 4.79 Å². The quantitative estimate of drug-likeness (QED) is 0.802. The molecule has 0 aliphatic heterocycles. The number of anilines is 1. The van der Waals surface area contributed by atoms with Gasteiger partial charge in [0.1, 0.15) is 0 Å². The van der Waals surface area contributed by atoms with E-state index in [4.69, 9.17) is 0 Å². The van der Waals surface area contributed by atoms with E-state index in [2.05, 4.69) is 22.9 Å². The molecule has 1 heterocycles. The van der Waals surface area contributed by atoms with Crippen molar-refractivity contribution in [3.8, 4) is 0 Å². The number of carbonyl (C=O) groups is 1. The van der Waals surface area contributed by atoms with Gasteiger partial charge < -0.3 is 0 Å². The fourth-order valence-electron chi connectivity index (χ4n) is 1.65. The minimum absolute atomic E-state index is 0.176. The summed E-state index contributed by atoms with van der Waals surface area (Å²) in [5, 5.41) is 4.11. The number of thioether (sulfide) groups is 1. The average Bonchev–Trinajstić information content (AvgIpc) is 2.89. The first kappa shape index (κ1) is 14.5. The van der Waals surface area contributed by atoms with Crippen LogP contribution in [0.5, 0.6) is 0 Å². The number of rotatable bonds is 6. The SMILES string of the molecule is CCSCc1ccc(C(=O)NNc2ccn(C)n2)cc1. The molecule has 0 bridgehead atoms. The molecule has 0 spiro atoms. The largest absolute Gasteiger partial charge is 0.280 e. The molecule has 0 saturated carbocycles. The van der Waals surface area contributed by atoms with Crippen LogP contribution >= 0.6 is 11.8 Å². The third-order valence-electron chi connectivity index (χ3n) is 2.71. The van der Waals surface area contributed by atoms with E-state index >= 15 is 0 Å². The standard InChI is InChI=1S/C14H18N4OS/c1-3-20-10-11-4-6-12(7-5-11)14(19)16-15-13-8-9-18(2)17-13/h4-9H,3,10H2,1-2H3,(H,15,17)(H,16,19). The molecule has 6 heteroatoms. The lowest BCUT2D eigenvalue weighted by Crippen LogP contribution is -2.29. The molecular formula is C14H18N4OS. The first-order valence-corrected chi connectivity index (χ1v) is 7.57. The van der Waals surface area contributed by atoms with E-state index in [-0.39, 0.29) is 5.91 Å². The van der Waals surface area contributed by atoms with E-state index in [1.54, 1.807) is 16.9 Å². The molecule has 0 atom stereocenters. The van der Waals surface area contributed by atoms with Crippen molar-refractivity contribution >= 4 is 23.5 Å². The fraction of sp³-hybridized carbons (Fsp3) is 0.286. The van der Waals surface area contributed by atoms with Crippen molar-refractivity contribution in [3.63, 3.8) is 0 Å². The number of hydrogen-bond acceptors (Lipinski definition) is 4. The van der Waals surface area contributed by atoms with Crippen molar-refractivity contribution in [1.29, 1.82) is 0 Å². The highest BCUT2D eigenvalue weighted by Crippen LogP contribution is 2.12. The van der Waals surface area contributed by atoms with Gasteiger partial charge in [-0.2, -0.15) is 16.9 Å². The van der Waals surface area contributed by atoms with Crippen LogP contribution in [0.25, 0.3) is 0 Å². The number of benzene rings is 1. The molecule has 0 radical (unpaired) electrons. The Balaban J connectivity index is 1.88. The smallest absolute Gasteiger partial charge is 0.269 e. The summed E-state index contributed by atoms with van der Waals surface area (Å²) in [6.45, 7) is 2.13. The Morgan fingerprint density at radius 3 is 2.65 bits per heavy atom. The van der Waals surface area contributed by atoms with E-state index in [1.165, 1.54) is 5.56 Å². The van der Waals surface area contributed by atoms with Crippen molar-refractivity contribution in [2.45, 2.75) is 12.7 Å². The Morgan fingerprint density at radius 1 is 1.30 bits per heavy atom. The number of aryl methyl sites for hydroxylation is 1. The van der Waals surface area contributed by atoms with Crippen LogP contribution in [0.4, 0.5) is 5.82 Å². The van der Waals surface area contributed by atoms with Gasteiger partial charge in [0.15, 0.2) is 5.82 Å². The van der Waals surface area contributed by atoms with E-state index in [1.807, 2.05) is 43.1 Å². The van der Waals surface area contributed by atoms with Gasteiger partial charge in [-0.3, -0.25) is 20.3 Å². The number of aromatic nitrogens is 2. The monoisotopic (exact) mass is 290 g/mol. The van der Waals surface area contributed by atoms with Crippen LogP contribution in [0.15, 0.2) is 36.5 Å². The number of carbonyl (C=O) groups excluding carboxylic acids is 1. The summed E-state index contributed by atoms with van der Waals surface area (Å²) in [7, 11) is 1.82. The Kier molecular flexibility index (Phi) is 5.06. The lowest BCUT2D eigenvalue weighted by Gasteiger charge is -2.06. The minimum Gasteiger partial charge on any atom is -0.280 e. The van der Waals surface area contributed by atoms with Crippen LogP contribution in [-0.4, -0.2) is 21.4 Å². The normalized spacial score (nSPS) is 10.3. The molecule has 0 saturated heterocycles. The van der Waals surface area contributed by atoms with Gasteiger partial charge >= 0.3 is 0 Å². The molecular weight excluding hydrogens is 272 g/mol. The van der Waals surface area contributed by atoms with Gasteiger partial charge in [-0.05, 0) is 23.4 Å². The molecule has 0 aliphatic carbocycles.